The summed E-state index contributed by atoms with van der Waals surface area (Å²) in [6.07, 6.45) is -0.225. The number of carboxylic acids is 1. The van der Waals surface area contributed by atoms with Crippen LogP contribution in [0.15, 0.2) is 18.2 Å². The number of urea groups is 1. The zero-order valence-corrected chi connectivity index (χ0v) is 11.2. The van der Waals surface area contributed by atoms with Gasteiger partial charge in [0.05, 0.1) is 17.1 Å². The highest BCUT2D eigenvalue weighted by Crippen LogP contribution is 2.22. The minimum absolute atomic E-state index is 0.0613. The largest absolute Gasteiger partial charge is 0.481 e. The summed E-state index contributed by atoms with van der Waals surface area (Å²) in [7, 11) is 0. The lowest BCUT2D eigenvalue weighted by Gasteiger charge is -2.24. The first-order valence-electron chi connectivity index (χ1n) is 5.45. The predicted octanol–water partition coefficient (Wildman–Crippen LogP) is 2.85. The van der Waals surface area contributed by atoms with Crippen molar-refractivity contribution in [1.29, 1.82) is 0 Å². The lowest BCUT2D eigenvalue weighted by molar-refractivity contribution is -0.138. The van der Waals surface area contributed by atoms with Crippen molar-refractivity contribution < 1.29 is 19.1 Å². The number of hydrogen-bond donors (Lipinski definition) is 3. The van der Waals surface area contributed by atoms with E-state index in [1.54, 1.807) is 13.8 Å². The molecule has 104 valence electrons. The Morgan fingerprint density at radius 3 is 2.58 bits per heavy atom. The van der Waals surface area contributed by atoms with E-state index in [2.05, 4.69) is 10.6 Å². The van der Waals surface area contributed by atoms with Crippen molar-refractivity contribution in [3.05, 3.63) is 29.0 Å². The van der Waals surface area contributed by atoms with Gasteiger partial charge in [0.15, 0.2) is 0 Å². The van der Waals surface area contributed by atoms with Crippen LogP contribution in [0.25, 0.3) is 0 Å². The second-order valence-electron chi connectivity index (χ2n) is 4.66. The molecule has 0 aliphatic heterocycles. The maximum Gasteiger partial charge on any atom is 0.319 e. The van der Waals surface area contributed by atoms with E-state index in [4.69, 9.17) is 16.7 Å². The van der Waals surface area contributed by atoms with Crippen LogP contribution in [0, 0.1) is 5.82 Å². The van der Waals surface area contributed by atoms with E-state index >= 15 is 0 Å². The van der Waals surface area contributed by atoms with Crippen LogP contribution < -0.4 is 10.6 Å². The summed E-state index contributed by atoms with van der Waals surface area (Å²) in [5.74, 6) is -1.53. The fourth-order valence-electron chi connectivity index (χ4n) is 1.47. The van der Waals surface area contributed by atoms with Crippen molar-refractivity contribution in [2.45, 2.75) is 25.8 Å². The van der Waals surface area contributed by atoms with Crippen molar-refractivity contribution >= 4 is 29.3 Å². The molecule has 1 aromatic rings. The van der Waals surface area contributed by atoms with Crippen molar-refractivity contribution in [1.82, 2.24) is 5.32 Å². The molecule has 0 unspecified atom stereocenters. The number of carbonyl (C=O) groups is 2. The van der Waals surface area contributed by atoms with Crippen LogP contribution in [0.3, 0.4) is 0 Å². The monoisotopic (exact) mass is 288 g/mol. The van der Waals surface area contributed by atoms with Crippen LogP contribution in [-0.4, -0.2) is 22.6 Å². The molecule has 5 nitrogen and oxygen atoms in total. The number of rotatable bonds is 4. The van der Waals surface area contributed by atoms with Gasteiger partial charge in [-0.2, -0.15) is 0 Å². The Kier molecular flexibility index (Phi) is 4.72. The fraction of sp³-hybridized carbons (Fsp3) is 0.333. The van der Waals surface area contributed by atoms with Gasteiger partial charge in [0.2, 0.25) is 0 Å². The number of aliphatic carboxylic acids is 1. The maximum absolute atomic E-state index is 12.8. The zero-order valence-electron chi connectivity index (χ0n) is 10.5. The number of amides is 2. The standard InChI is InChI=1S/C12H14ClFN2O3/c1-12(2,6-10(17)18)16-11(19)15-9-4-3-7(14)5-8(9)13/h3-5H,6H2,1-2H3,(H,17,18)(H2,15,16,19). The molecule has 0 heterocycles. The zero-order chi connectivity index (χ0) is 14.6. The highest BCUT2D eigenvalue weighted by molar-refractivity contribution is 6.33. The van der Waals surface area contributed by atoms with Gasteiger partial charge < -0.3 is 15.7 Å². The molecule has 0 aromatic heterocycles. The Morgan fingerprint density at radius 2 is 2.05 bits per heavy atom. The van der Waals surface area contributed by atoms with Crippen LogP contribution in [0.4, 0.5) is 14.9 Å². The third kappa shape index (κ3) is 5.13. The van der Waals surface area contributed by atoms with Gasteiger partial charge in [-0.15, -0.1) is 0 Å². The molecule has 3 N–H and O–H groups in total. The van der Waals surface area contributed by atoms with Crippen molar-refractivity contribution in [3.8, 4) is 0 Å². The molecule has 0 fully saturated rings. The summed E-state index contributed by atoms with van der Waals surface area (Å²) < 4.78 is 12.8. The number of carboxylic acid groups (broad SMARTS) is 1. The van der Waals surface area contributed by atoms with Crippen LogP contribution in [-0.2, 0) is 4.79 Å². The maximum atomic E-state index is 12.8. The molecule has 7 heteroatoms. The van der Waals surface area contributed by atoms with Gasteiger partial charge >= 0.3 is 12.0 Å². The summed E-state index contributed by atoms with van der Waals surface area (Å²) in [4.78, 5) is 22.3. The summed E-state index contributed by atoms with van der Waals surface area (Å²) in [6.45, 7) is 3.15. The number of benzene rings is 1. The lowest BCUT2D eigenvalue weighted by Crippen LogP contribution is -2.46. The van der Waals surface area contributed by atoms with Crippen molar-refractivity contribution in [2.75, 3.05) is 5.32 Å². The van der Waals surface area contributed by atoms with Crippen molar-refractivity contribution in [2.24, 2.45) is 0 Å². The molecule has 1 rings (SSSR count). The number of halogens is 2. The van der Waals surface area contributed by atoms with E-state index in [9.17, 15) is 14.0 Å². The van der Waals surface area contributed by atoms with E-state index in [0.29, 0.717) is 0 Å². The van der Waals surface area contributed by atoms with Gasteiger partial charge in [-0.25, -0.2) is 9.18 Å². The van der Waals surface area contributed by atoms with Crippen LogP contribution in [0.2, 0.25) is 5.02 Å². The normalized spacial score (nSPS) is 10.9. The SMILES string of the molecule is CC(C)(CC(=O)O)NC(=O)Nc1ccc(F)cc1Cl. The molecular weight excluding hydrogens is 275 g/mol. The average Bonchev–Trinajstić information content (AvgIpc) is 2.19. The van der Waals surface area contributed by atoms with E-state index < -0.39 is 23.4 Å². The van der Waals surface area contributed by atoms with E-state index in [1.165, 1.54) is 6.07 Å². The van der Waals surface area contributed by atoms with Crippen LogP contribution in [0.5, 0.6) is 0 Å². The van der Waals surface area contributed by atoms with Gasteiger partial charge in [-0.05, 0) is 32.0 Å². The highest BCUT2D eigenvalue weighted by atomic mass is 35.5. The molecule has 0 atom stereocenters. The second-order valence-corrected chi connectivity index (χ2v) is 5.06. The van der Waals surface area contributed by atoms with Crippen LogP contribution in [0.1, 0.15) is 20.3 Å². The Balaban J connectivity index is 2.67. The predicted molar refractivity (Wildman–Crippen MR) is 69.9 cm³/mol. The average molecular weight is 289 g/mol. The van der Waals surface area contributed by atoms with E-state index in [0.717, 1.165) is 12.1 Å². The second kappa shape index (κ2) is 5.88. The van der Waals surface area contributed by atoms with Gasteiger partial charge in [0.25, 0.3) is 0 Å². The Labute approximate surface area is 114 Å². The number of anilines is 1. The number of hydrogen-bond acceptors (Lipinski definition) is 2. The molecule has 0 bridgehead atoms. The van der Waals surface area contributed by atoms with E-state index in [1.807, 2.05) is 0 Å². The van der Waals surface area contributed by atoms with E-state index in [-0.39, 0.29) is 17.1 Å². The van der Waals surface area contributed by atoms with Gasteiger partial charge in [-0.1, -0.05) is 11.6 Å². The molecule has 2 amide bonds. The lowest BCUT2D eigenvalue weighted by atomic mass is 10.0. The Bertz CT molecular complexity index is 506. The van der Waals surface area contributed by atoms with Gasteiger partial charge in [0.1, 0.15) is 5.82 Å². The van der Waals surface area contributed by atoms with Gasteiger partial charge in [0, 0.05) is 5.54 Å². The quantitative estimate of drug-likeness (QED) is 0.797. The van der Waals surface area contributed by atoms with Crippen molar-refractivity contribution in [3.63, 3.8) is 0 Å². The minimum atomic E-state index is -1.02. The summed E-state index contributed by atoms with van der Waals surface area (Å²) in [6, 6.07) is 2.94. The molecule has 0 radical (unpaired) electrons. The Hall–Kier alpha value is -1.82. The Morgan fingerprint density at radius 1 is 1.42 bits per heavy atom. The first-order valence-corrected chi connectivity index (χ1v) is 5.83. The summed E-state index contributed by atoms with van der Waals surface area (Å²) in [5.41, 5.74) is -0.672. The first-order chi connectivity index (χ1) is 8.69. The molecule has 0 aliphatic rings. The van der Waals surface area contributed by atoms with Crippen LogP contribution >= 0.6 is 11.6 Å². The molecule has 0 saturated carbocycles. The fourth-order valence-corrected chi connectivity index (χ4v) is 1.69. The first kappa shape index (κ1) is 15.2. The highest BCUT2D eigenvalue weighted by Gasteiger charge is 2.24. The number of carbonyl (C=O) groups excluding carboxylic acids is 1. The summed E-state index contributed by atoms with van der Waals surface area (Å²) in [5, 5.41) is 13.7. The molecule has 1 aromatic carbocycles. The topological polar surface area (TPSA) is 78.4 Å². The number of nitrogens with one attached hydrogen (secondary N) is 2. The minimum Gasteiger partial charge on any atom is -0.481 e. The molecule has 0 spiro atoms. The third-order valence-electron chi connectivity index (χ3n) is 2.22. The van der Waals surface area contributed by atoms with Gasteiger partial charge in [-0.3, -0.25) is 4.79 Å². The molecule has 0 aliphatic carbocycles. The molecule has 19 heavy (non-hydrogen) atoms. The molecular formula is C12H14ClFN2O3. The molecule has 0 saturated heterocycles. The third-order valence-corrected chi connectivity index (χ3v) is 2.54. The smallest absolute Gasteiger partial charge is 0.319 e. The summed E-state index contributed by atoms with van der Waals surface area (Å²) >= 11 is 5.75.